The zero-order valence-corrected chi connectivity index (χ0v) is 17.4. The van der Waals surface area contributed by atoms with Crippen molar-refractivity contribution in [3.8, 4) is 0 Å². The van der Waals surface area contributed by atoms with Crippen molar-refractivity contribution >= 4 is 23.2 Å². The molecule has 0 aliphatic heterocycles. The fourth-order valence-electron chi connectivity index (χ4n) is 3.70. The minimum absolute atomic E-state index is 0.0251. The molecule has 0 spiro atoms. The van der Waals surface area contributed by atoms with E-state index in [1.807, 2.05) is 0 Å². The van der Waals surface area contributed by atoms with Crippen molar-refractivity contribution in [1.29, 1.82) is 0 Å². The number of aliphatic hydroxyl groups is 1. The third kappa shape index (κ3) is 6.23. The normalized spacial score (nSPS) is 15.6. The summed E-state index contributed by atoms with van der Waals surface area (Å²) >= 11 is 0. The molecule has 9 heteroatoms. The second-order valence-electron chi connectivity index (χ2n) is 7.80. The number of hydrogen-bond donors (Lipinski definition) is 4. The molecule has 0 radical (unpaired) electrons. The van der Waals surface area contributed by atoms with Crippen LogP contribution in [0.4, 0.5) is 24.5 Å². The van der Waals surface area contributed by atoms with Crippen LogP contribution in [0, 0.1) is 0 Å². The highest BCUT2D eigenvalue weighted by atomic mass is 19.4. The summed E-state index contributed by atoms with van der Waals surface area (Å²) in [5, 5.41) is 17.8. The highest BCUT2D eigenvalue weighted by molar-refractivity contribution is 6.02. The predicted octanol–water partition coefficient (Wildman–Crippen LogP) is 3.99. The molecule has 172 valence electrons. The Bertz CT molecular complexity index is 943. The molecule has 3 rings (SSSR count). The van der Waals surface area contributed by atoms with Gasteiger partial charge in [0.15, 0.2) is 0 Å². The number of hydrogen-bond acceptors (Lipinski definition) is 4. The second-order valence-corrected chi connectivity index (χ2v) is 7.80. The molecule has 32 heavy (non-hydrogen) atoms. The van der Waals surface area contributed by atoms with Gasteiger partial charge in [0.25, 0.3) is 5.91 Å². The average molecular weight is 449 g/mol. The van der Waals surface area contributed by atoms with Crippen molar-refractivity contribution in [2.45, 2.75) is 50.4 Å². The highest BCUT2D eigenvalue weighted by Gasteiger charge is 2.30. The number of halogens is 3. The summed E-state index contributed by atoms with van der Waals surface area (Å²) in [6, 6.07) is 9.79. The van der Waals surface area contributed by atoms with Gasteiger partial charge in [0, 0.05) is 11.7 Å². The van der Waals surface area contributed by atoms with Gasteiger partial charge in [0.1, 0.15) is 6.04 Å². The van der Waals surface area contributed by atoms with Crippen molar-refractivity contribution in [1.82, 2.24) is 10.6 Å². The van der Waals surface area contributed by atoms with Crippen LogP contribution in [0.3, 0.4) is 0 Å². The fraction of sp³-hybridized carbons (Fsp3) is 0.391. The molecule has 1 fully saturated rings. The molecule has 1 aliphatic rings. The number of anilines is 2. The molecule has 0 aromatic heterocycles. The first-order chi connectivity index (χ1) is 15.3. The summed E-state index contributed by atoms with van der Waals surface area (Å²) in [4.78, 5) is 25.3. The molecule has 2 amide bonds. The van der Waals surface area contributed by atoms with E-state index in [2.05, 4.69) is 16.0 Å². The van der Waals surface area contributed by atoms with Crippen molar-refractivity contribution in [3.05, 3.63) is 59.7 Å². The summed E-state index contributed by atoms with van der Waals surface area (Å²) in [7, 11) is 0. The van der Waals surface area contributed by atoms with Gasteiger partial charge in [-0.25, -0.2) is 0 Å². The minimum atomic E-state index is -4.49. The smallest absolute Gasteiger partial charge is 0.394 e. The standard InChI is InChI=1S/C23H26F3N3O3/c24-23(25,26)15-7-6-10-17(13-15)27-19-12-5-4-11-18(19)21(31)29-20(14-30)22(32)28-16-8-2-1-3-9-16/h4-7,10-13,16,20,27,30H,1-3,8-9,14H2,(H,28,32)(H,29,31)/t20-/m0/s1. The van der Waals surface area contributed by atoms with E-state index in [4.69, 9.17) is 0 Å². The molecule has 0 unspecified atom stereocenters. The molecule has 1 atom stereocenters. The molecule has 1 aliphatic carbocycles. The largest absolute Gasteiger partial charge is 0.416 e. The molecule has 4 N–H and O–H groups in total. The van der Waals surface area contributed by atoms with Crippen LogP contribution < -0.4 is 16.0 Å². The van der Waals surface area contributed by atoms with Crippen LogP contribution in [0.2, 0.25) is 0 Å². The number of carbonyl (C=O) groups is 2. The summed E-state index contributed by atoms with van der Waals surface area (Å²) in [6.07, 6.45) is 0.408. The molecule has 6 nitrogen and oxygen atoms in total. The monoisotopic (exact) mass is 449 g/mol. The molecule has 2 aromatic carbocycles. The molecule has 0 saturated heterocycles. The molecule has 0 bridgehead atoms. The van der Waals surface area contributed by atoms with E-state index in [1.54, 1.807) is 18.2 Å². The van der Waals surface area contributed by atoms with Crippen LogP contribution in [0.1, 0.15) is 48.0 Å². The Labute approximate surface area is 184 Å². The topological polar surface area (TPSA) is 90.5 Å². The van der Waals surface area contributed by atoms with Gasteiger partial charge in [-0.05, 0) is 43.2 Å². The Morgan fingerprint density at radius 1 is 1.03 bits per heavy atom. The maximum atomic E-state index is 13.0. The Morgan fingerprint density at radius 3 is 2.44 bits per heavy atom. The van der Waals surface area contributed by atoms with E-state index in [1.165, 1.54) is 18.2 Å². The SMILES string of the molecule is O=C(N[C@@H](CO)C(=O)NC1CCCCC1)c1ccccc1Nc1cccc(C(F)(F)F)c1. The van der Waals surface area contributed by atoms with Gasteiger partial charge in [-0.1, -0.05) is 37.5 Å². The Kier molecular flexibility index (Phi) is 7.74. The number of rotatable bonds is 7. The number of carbonyl (C=O) groups excluding carboxylic acids is 2. The number of alkyl halides is 3. The zero-order valence-electron chi connectivity index (χ0n) is 17.4. The quantitative estimate of drug-likeness (QED) is 0.515. The van der Waals surface area contributed by atoms with Crippen molar-refractivity contribution in [2.75, 3.05) is 11.9 Å². The second kappa shape index (κ2) is 10.5. The van der Waals surface area contributed by atoms with Crippen LogP contribution in [-0.4, -0.2) is 35.6 Å². The third-order valence-corrected chi connectivity index (χ3v) is 5.40. The molecule has 0 heterocycles. The molecular weight excluding hydrogens is 423 g/mol. The summed E-state index contributed by atoms with van der Waals surface area (Å²) in [5.74, 6) is -1.09. The lowest BCUT2D eigenvalue weighted by molar-refractivity contribution is -0.137. The van der Waals surface area contributed by atoms with Crippen LogP contribution >= 0.6 is 0 Å². The lowest BCUT2D eigenvalue weighted by Gasteiger charge is -2.25. The summed E-state index contributed by atoms with van der Waals surface area (Å²) in [6.45, 7) is -0.576. The third-order valence-electron chi connectivity index (χ3n) is 5.40. The molecule has 2 aromatic rings. The van der Waals surface area contributed by atoms with Crippen molar-refractivity contribution < 1.29 is 27.9 Å². The fourth-order valence-corrected chi connectivity index (χ4v) is 3.70. The predicted molar refractivity (Wildman–Crippen MR) is 115 cm³/mol. The first kappa shape index (κ1) is 23.6. The number of amides is 2. The number of benzene rings is 2. The van der Waals surface area contributed by atoms with Crippen LogP contribution in [0.25, 0.3) is 0 Å². The number of para-hydroxylation sites is 1. The van der Waals surface area contributed by atoms with Gasteiger partial charge in [0.2, 0.25) is 5.91 Å². The lowest BCUT2D eigenvalue weighted by Crippen LogP contribution is -2.51. The van der Waals surface area contributed by atoms with E-state index in [9.17, 15) is 27.9 Å². The summed E-state index contributed by atoms with van der Waals surface area (Å²) in [5.41, 5.74) is -0.250. The summed E-state index contributed by atoms with van der Waals surface area (Å²) < 4.78 is 39.0. The van der Waals surface area contributed by atoms with Crippen molar-refractivity contribution in [3.63, 3.8) is 0 Å². The number of nitrogens with one attached hydrogen (secondary N) is 3. The van der Waals surface area contributed by atoms with Gasteiger partial charge >= 0.3 is 6.18 Å². The Morgan fingerprint density at radius 2 is 1.75 bits per heavy atom. The lowest BCUT2D eigenvalue weighted by atomic mass is 9.95. The van der Waals surface area contributed by atoms with Gasteiger partial charge < -0.3 is 21.1 Å². The Hall–Kier alpha value is -3.07. The van der Waals surface area contributed by atoms with Crippen LogP contribution in [0.15, 0.2) is 48.5 Å². The van der Waals surface area contributed by atoms with Crippen molar-refractivity contribution in [2.24, 2.45) is 0 Å². The average Bonchev–Trinajstić information content (AvgIpc) is 2.78. The molecule has 1 saturated carbocycles. The zero-order chi connectivity index (χ0) is 23.1. The first-order valence-electron chi connectivity index (χ1n) is 10.5. The molecular formula is C23H26F3N3O3. The van der Waals surface area contributed by atoms with E-state index >= 15 is 0 Å². The van der Waals surface area contributed by atoms with Gasteiger partial charge in [-0.3, -0.25) is 9.59 Å². The van der Waals surface area contributed by atoms with Gasteiger partial charge in [-0.15, -0.1) is 0 Å². The van der Waals surface area contributed by atoms with E-state index < -0.39 is 36.2 Å². The Balaban J connectivity index is 1.71. The van der Waals surface area contributed by atoms with E-state index in [0.717, 1.165) is 44.2 Å². The minimum Gasteiger partial charge on any atom is -0.394 e. The highest BCUT2D eigenvalue weighted by Crippen LogP contribution is 2.32. The van der Waals surface area contributed by atoms with E-state index in [-0.39, 0.29) is 23.0 Å². The van der Waals surface area contributed by atoms with Crippen LogP contribution in [-0.2, 0) is 11.0 Å². The van der Waals surface area contributed by atoms with Gasteiger partial charge in [0.05, 0.1) is 23.4 Å². The maximum Gasteiger partial charge on any atom is 0.416 e. The maximum absolute atomic E-state index is 13.0. The van der Waals surface area contributed by atoms with Crippen LogP contribution in [0.5, 0.6) is 0 Å². The van der Waals surface area contributed by atoms with Gasteiger partial charge in [-0.2, -0.15) is 13.2 Å². The number of aliphatic hydroxyl groups excluding tert-OH is 1. The van der Waals surface area contributed by atoms with E-state index in [0.29, 0.717) is 0 Å². The first-order valence-corrected chi connectivity index (χ1v) is 10.5.